The zero-order valence-corrected chi connectivity index (χ0v) is 18.7. The van der Waals surface area contributed by atoms with Crippen LogP contribution in [0.25, 0.3) is 11.6 Å². The Morgan fingerprint density at radius 1 is 0.794 bits per heavy atom. The normalized spacial score (nSPS) is 11.0. The van der Waals surface area contributed by atoms with E-state index in [1.807, 2.05) is 91.0 Å². The Morgan fingerprint density at radius 3 is 1.88 bits per heavy atom. The van der Waals surface area contributed by atoms with Crippen LogP contribution in [-0.2, 0) is 4.79 Å². The fourth-order valence-electron chi connectivity index (χ4n) is 3.75. The van der Waals surface area contributed by atoms with Gasteiger partial charge in [0.2, 0.25) is 0 Å². The predicted octanol–water partition coefficient (Wildman–Crippen LogP) is 6.50. The Morgan fingerprint density at radius 2 is 1.35 bits per heavy atom. The van der Waals surface area contributed by atoms with Crippen LogP contribution in [-0.4, -0.2) is 13.1 Å². The Hall–Kier alpha value is -4.62. The van der Waals surface area contributed by atoms with Crippen molar-refractivity contribution in [3.8, 4) is 17.6 Å². The van der Waals surface area contributed by atoms with Gasteiger partial charge < -0.3 is 9.47 Å². The molecule has 0 aliphatic rings. The second kappa shape index (κ2) is 10.8. The highest BCUT2D eigenvalue weighted by Crippen LogP contribution is 2.33. The van der Waals surface area contributed by atoms with Crippen LogP contribution in [0.15, 0.2) is 109 Å². The number of hydrogen-bond donors (Lipinski definition) is 0. The molecular weight excluding hydrogens is 422 g/mol. The summed E-state index contributed by atoms with van der Waals surface area (Å²) in [6.07, 6.45) is 1.78. The number of carbonyl (C=O) groups is 1. The van der Waals surface area contributed by atoms with Crippen LogP contribution in [0.1, 0.15) is 28.2 Å². The first-order valence-corrected chi connectivity index (χ1v) is 10.9. The summed E-state index contributed by atoms with van der Waals surface area (Å²) in [5, 5.41) is 9.60. The number of benzene rings is 4. The van der Waals surface area contributed by atoms with Crippen molar-refractivity contribution in [1.82, 2.24) is 0 Å². The fraction of sp³-hybridized carbons (Fsp3) is 0.0667. The van der Waals surface area contributed by atoms with Crippen molar-refractivity contribution in [2.75, 3.05) is 7.11 Å². The molecule has 0 spiro atoms. The van der Waals surface area contributed by atoms with Gasteiger partial charge in [0.1, 0.15) is 5.92 Å². The molecule has 0 saturated heterocycles. The highest BCUT2D eigenvalue weighted by Gasteiger charge is 2.25. The van der Waals surface area contributed by atoms with Crippen LogP contribution in [0, 0.1) is 11.3 Å². The van der Waals surface area contributed by atoms with Crippen LogP contribution < -0.4 is 9.47 Å². The van der Waals surface area contributed by atoms with Gasteiger partial charge in [-0.05, 0) is 40.5 Å². The number of nitriles is 1. The van der Waals surface area contributed by atoms with E-state index in [2.05, 4.69) is 6.07 Å². The smallest absolute Gasteiger partial charge is 0.323 e. The molecule has 4 rings (SSSR count). The van der Waals surface area contributed by atoms with Gasteiger partial charge in [0, 0.05) is 0 Å². The molecule has 0 aliphatic heterocycles. The highest BCUT2D eigenvalue weighted by atomic mass is 16.6. The number of rotatable bonds is 7. The molecule has 0 N–H and O–H groups in total. The number of carbonyl (C=O) groups excluding carboxylic acids is 1. The maximum atomic E-state index is 13.3. The molecule has 4 heteroatoms. The van der Waals surface area contributed by atoms with E-state index in [0.29, 0.717) is 17.1 Å². The third-order valence-electron chi connectivity index (χ3n) is 5.42. The van der Waals surface area contributed by atoms with Crippen LogP contribution in [0.5, 0.6) is 11.5 Å². The summed E-state index contributed by atoms with van der Waals surface area (Å²) in [5.74, 6) is -0.247. The molecule has 4 aromatic rings. The molecule has 0 heterocycles. The first kappa shape index (κ1) is 22.6. The van der Waals surface area contributed by atoms with Crippen molar-refractivity contribution in [1.29, 1.82) is 5.26 Å². The average Bonchev–Trinajstić information content (AvgIpc) is 2.90. The highest BCUT2D eigenvalue weighted by molar-refractivity contribution is 5.90. The lowest BCUT2D eigenvalue weighted by Gasteiger charge is -2.18. The van der Waals surface area contributed by atoms with Gasteiger partial charge in [-0.25, -0.2) is 0 Å². The van der Waals surface area contributed by atoms with Gasteiger partial charge in [0.15, 0.2) is 11.5 Å². The van der Waals surface area contributed by atoms with Crippen molar-refractivity contribution in [3.63, 3.8) is 0 Å². The van der Waals surface area contributed by atoms with E-state index < -0.39 is 11.9 Å². The molecule has 4 nitrogen and oxygen atoms in total. The molecule has 0 amide bonds. The lowest BCUT2D eigenvalue weighted by atomic mass is 9.91. The van der Waals surface area contributed by atoms with Crippen molar-refractivity contribution >= 4 is 17.6 Å². The first-order valence-electron chi connectivity index (χ1n) is 10.9. The number of allylic oxidation sites excluding steroid dienone is 1. The van der Waals surface area contributed by atoms with Gasteiger partial charge in [-0.2, -0.15) is 5.26 Å². The maximum Gasteiger partial charge on any atom is 0.323 e. The molecule has 0 aliphatic carbocycles. The summed E-state index contributed by atoms with van der Waals surface area (Å²) in [4.78, 5) is 13.3. The molecular formula is C30H23NO3. The van der Waals surface area contributed by atoms with Gasteiger partial charge in [0.25, 0.3) is 0 Å². The molecule has 0 bridgehead atoms. The van der Waals surface area contributed by atoms with Crippen LogP contribution in [0.3, 0.4) is 0 Å². The van der Waals surface area contributed by atoms with E-state index in [1.54, 1.807) is 24.3 Å². The summed E-state index contributed by atoms with van der Waals surface area (Å²) >= 11 is 0. The summed E-state index contributed by atoms with van der Waals surface area (Å²) in [6.45, 7) is 0. The Balaban J connectivity index is 1.64. The molecule has 166 valence electrons. The van der Waals surface area contributed by atoms with Crippen LogP contribution >= 0.6 is 0 Å². The number of methoxy groups -OCH3 is 1. The second-order valence-corrected chi connectivity index (χ2v) is 7.62. The third-order valence-corrected chi connectivity index (χ3v) is 5.42. The van der Waals surface area contributed by atoms with Gasteiger partial charge in [0.05, 0.1) is 18.8 Å². The molecule has 4 aromatic carbocycles. The van der Waals surface area contributed by atoms with E-state index in [-0.39, 0.29) is 0 Å². The lowest BCUT2D eigenvalue weighted by Crippen LogP contribution is -2.20. The van der Waals surface area contributed by atoms with E-state index >= 15 is 0 Å². The number of nitrogens with zero attached hydrogens (tertiary/aromatic N) is 1. The monoisotopic (exact) mass is 445 g/mol. The zero-order valence-electron chi connectivity index (χ0n) is 18.7. The number of esters is 1. The van der Waals surface area contributed by atoms with E-state index in [0.717, 1.165) is 22.3 Å². The van der Waals surface area contributed by atoms with Gasteiger partial charge in [-0.15, -0.1) is 0 Å². The molecule has 34 heavy (non-hydrogen) atoms. The van der Waals surface area contributed by atoms with Gasteiger partial charge in [-0.3, -0.25) is 4.79 Å². The van der Waals surface area contributed by atoms with Crippen molar-refractivity contribution < 1.29 is 14.3 Å². The summed E-state index contributed by atoms with van der Waals surface area (Å²) in [6, 6.07) is 36.0. The lowest BCUT2D eigenvalue weighted by molar-refractivity contribution is -0.135. The first-order chi connectivity index (χ1) is 16.7. The molecule has 0 atom stereocenters. The maximum absolute atomic E-state index is 13.3. The average molecular weight is 446 g/mol. The Bertz CT molecular complexity index is 1280. The van der Waals surface area contributed by atoms with Crippen LogP contribution in [0.2, 0.25) is 0 Å². The summed E-state index contributed by atoms with van der Waals surface area (Å²) in [5.41, 5.74) is 3.81. The minimum atomic E-state index is -0.574. The zero-order chi connectivity index (χ0) is 23.8. The number of hydrogen-bond acceptors (Lipinski definition) is 4. The second-order valence-electron chi connectivity index (χ2n) is 7.62. The quantitative estimate of drug-likeness (QED) is 0.141. The van der Waals surface area contributed by atoms with E-state index in [9.17, 15) is 10.1 Å². The fourth-order valence-corrected chi connectivity index (χ4v) is 3.75. The molecule has 0 aromatic heterocycles. The van der Waals surface area contributed by atoms with Crippen molar-refractivity contribution in [2.24, 2.45) is 0 Å². The van der Waals surface area contributed by atoms with E-state index in [1.165, 1.54) is 7.11 Å². The molecule has 0 radical (unpaired) electrons. The third kappa shape index (κ3) is 5.23. The minimum absolute atomic E-state index is 0.319. The van der Waals surface area contributed by atoms with Crippen molar-refractivity contribution in [3.05, 3.63) is 131 Å². The number of ether oxygens (including phenoxy) is 2. The SMILES string of the molecule is COc1cc(C=C(C#N)c2ccccc2)ccc1OC(=O)C(c1ccccc1)c1ccccc1. The molecule has 0 unspecified atom stereocenters. The standard InChI is InChI=1S/C30H23NO3/c1-33-28-20-22(19-26(21-31)23-11-5-2-6-12-23)17-18-27(28)34-30(32)29(24-13-7-3-8-14-24)25-15-9-4-10-16-25/h2-20,29H,1H3. The summed E-state index contributed by atoms with van der Waals surface area (Å²) in [7, 11) is 1.52. The topological polar surface area (TPSA) is 59.3 Å². The van der Waals surface area contributed by atoms with Crippen molar-refractivity contribution in [2.45, 2.75) is 5.92 Å². The largest absolute Gasteiger partial charge is 0.493 e. The molecule has 0 saturated carbocycles. The Kier molecular flexibility index (Phi) is 7.17. The van der Waals surface area contributed by atoms with E-state index in [4.69, 9.17) is 9.47 Å². The summed E-state index contributed by atoms with van der Waals surface area (Å²) < 4.78 is 11.3. The minimum Gasteiger partial charge on any atom is -0.493 e. The predicted molar refractivity (Wildman–Crippen MR) is 133 cm³/mol. The molecule has 0 fully saturated rings. The van der Waals surface area contributed by atoms with Crippen LogP contribution in [0.4, 0.5) is 0 Å². The van der Waals surface area contributed by atoms with Gasteiger partial charge >= 0.3 is 5.97 Å². The van der Waals surface area contributed by atoms with Gasteiger partial charge in [-0.1, -0.05) is 97.1 Å². The Labute approximate surface area is 199 Å².